The van der Waals surface area contributed by atoms with E-state index in [4.69, 9.17) is 30.5 Å². The number of ether oxygens (including phenoxy) is 4. The van der Waals surface area contributed by atoms with Gasteiger partial charge in [0, 0.05) is 12.1 Å². The molecular formula is C29H43ClLiO5P. The van der Waals surface area contributed by atoms with E-state index < -0.39 is 0 Å². The molecule has 0 radical (unpaired) electrons. The summed E-state index contributed by atoms with van der Waals surface area (Å²) in [7, 11) is 1.28. The van der Waals surface area contributed by atoms with Crippen molar-refractivity contribution in [2.75, 3.05) is 26.9 Å². The minimum absolute atomic E-state index is 0. The van der Waals surface area contributed by atoms with Gasteiger partial charge in [-0.25, -0.2) is 0 Å². The molecule has 2 aromatic carbocycles. The molecule has 1 unspecified atom stereocenters. The molecule has 5 nitrogen and oxygen atoms in total. The SMILES string of the molecule is COc1cccc(Cl)c1C(=O)Pc1c(OCCC(C)C)cc(OCCC(C)C)cc1OCCC(C)C.[LiH]. The summed E-state index contributed by atoms with van der Waals surface area (Å²) in [4.78, 5) is 13.5. The molecule has 37 heavy (non-hydrogen) atoms. The zero-order valence-electron chi connectivity index (χ0n) is 22.8. The number of methoxy groups -OCH3 is 1. The normalized spacial score (nSPS) is 11.3. The summed E-state index contributed by atoms with van der Waals surface area (Å²) in [6.07, 6.45) is 2.75. The number of rotatable bonds is 16. The van der Waals surface area contributed by atoms with Crippen molar-refractivity contribution in [1.29, 1.82) is 0 Å². The Labute approximate surface area is 242 Å². The number of hydrogen-bond donors (Lipinski definition) is 0. The van der Waals surface area contributed by atoms with E-state index in [9.17, 15) is 4.79 Å². The van der Waals surface area contributed by atoms with Crippen LogP contribution in [0.2, 0.25) is 5.02 Å². The van der Waals surface area contributed by atoms with E-state index in [1.54, 1.807) is 18.2 Å². The molecule has 2 aromatic rings. The summed E-state index contributed by atoms with van der Waals surface area (Å²) in [5.41, 5.74) is 0.242. The monoisotopic (exact) mass is 544 g/mol. The van der Waals surface area contributed by atoms with Crippen molar-refractivity contribution in [1.82, 2.24) is 0 Å². The molecule has 0 saturated heterocycles. The molecule has 1 atom stereocenters. The predicted molar refractivity (Wildman–Crippen MR) is 159 cm³/mol. The average molecular weight is 545 g/mol. The first kappa shape index (κ1) is 33.7. The summed E-state index contributed by atoms with van der Waals surface area (Å²) in [5.74, 6) is 3.92. The van der Waals surface area contributed by atoms with E-state index in [1.807, 2.05) is 12.1 Å². The molecule has 0 fully saturated rings. The van der Waals surface area contributed by atoms with Gasteiger partial charge >= 0.3 is 18.9 Å². The van der Waals surface area contributed by atoms with Crippen LogP contribution in [0.25, 0.3) is 0 Å². The van der Waals surface area contributed by atoms with Gasteiger partial charge in [-0.1, -0.05) is 59.2 Å². The quantitative estimate of drug-likeness (QED) is 0.166. The molecule has 2 rings (SSSR count). The first-order valence-electron chi connectivity index (χ1n) is 12.8. The van der Waals surface area contributed by atoms with Crippen LogP contribution in [-0.4, -0.2) is 51.3 Å². The van der Waals surface area contributed by atoms with Crippen LogP contribution in [0, 0.1) is 17.8 Å². The van der Waals surface area contributed by atoms with Crippen molar-refractivity contribution in [2.45, 2.75) is 60.8 Å². The fourth-order valence-corrected chi connectivity index (χ4v) is 4.77. The molecule has 0 aliphatic heterocycles. The molecule has 0 saturated carbocycles. The van der Waals surface area contributed by atoms with E-state index in [0.29, 0.717) is 71.2 Å². The van der Waals surface area contributed by atoms with Crippen LogP contribution in [0.1, 0.15) is 71.2 Å². The van der Waals surface area contributed by atoms with E-state index in [0.717, 1.165) is 24.6 Å². The number of carbonyl (C=O) groups is 1. The molecule has 0 bridgehead atoms. The van der Waals surface area contributed by atoms with Crippen molar-refractivity contribution < 1.29 is 23.7 Å². The third kappa shape index (κ3) is 11.5. The van der Waals surface area contributed by atoms with Crippen LogP contribution < -0.4 is 24.3 Å². The minimum atomic E-state index is -0.254. The Morgan fingerprint density at radius 3 is 1.76 bits per heavy atom. The fourth-order valence-electron chi connectivity index (χ4n) is 3.29. The molecule has 0 heterocycles. The van der Waals surface area contributed by atoms with Gasteiger partial charge in [-0.05, 0) is 57.7 Å². The van der Waals surface area contributed by atoms with Gasteiger partial charge < -0.3 is 18.9 Å². The van der Waals surface area contributed by atoms with Crippen molar-refractivity contribution in [3.05, 3.63) is 40.9 Å². The van der Waals surface area contributed by atoms with Gasteiger partial charge in [0.1, 0.15) is 23.0 Å². The van der Waals surface area contributed by atoms with Crippen molar-refractivity contribution in [2.24, 2.45) is 17.8 Å². The molecule has 0 aliphatic rings. The standard InChI is InChI=1S/C29H42ClO5P.Li.H/c1-19(2)11-14-33-22-17-25(34-15-12-20(3)4)28(26(18-22)35-16-13-21(5)6)36-29(31)27-23(30)9-8-10-24(27)32-7;;/h8-10,17-21,36H,11-16H2,1-7H3;;. The number of hydrogen-bond acceptors (Lipinski definition) is 5. The first-order chi connectivity index (χ1) is 17.1. The van der Waals surface area contributed by atoms with Gasteiger partial charge in [0.05, 0.1) is 42.8 Å². The van der Waals surface area contributed by atoms with Gasteiger partial charge in [-0.15, -0.1) is 0 Å². The molecule has 202 valence electrons. The summed E-state index contributed by atoms with van der Waals surface area (Å²) >= 11 is 6.41. The van der Waals surface area contributed by atoms with Gasteiger partial charge in [0.25, 0.3) is 0 Å². The van der Waals surface area contributed by atoms with Gasteiger partial charge in [-0.3, -0.25) is 4.79 Å². The number of benzene rings is 2. The average Bonchev–Trinajstić information content (AvgIpc) is 2.79. The maximum absolute atomic E-state index is 13.5. The third-order valence-corrected chi connectivity index (χ3v) is 7.10. The molecular weight excluding hydrogens is 502 g/mol. The van der Waals surface area contributed by atoms with Gasteiger partial charge in [0.2, 0.25) is 0 Å². The van der Waals surface area contributed by atoms with Crippen molar-refractivity contribution in [3.8, 4) is 23.0 Å². The molecule has 0 amide bonds. The Morgan fingerprint density at radius 2 is 1.30 bits per heavy atom. The Kier molecular flexibility index (Phi) is 15.7. The second-order valence-corrected chi connectivity index (χ2v) is 11.8. The van der Waals surface area contributed by atoms with Crippen LogP contribution in [0.5, 0.6) is 23.0 Å². The second kappa shape index (κ2) is 17.3. The first-order valence-corrected chi connectivity index (χ1v) is 14.2. The summed E-state index contributed by atoms with van der Waals surface area (Å²) in [6, 6.07) is 8.99. The predicted octanol–water partition coefficient (Wildman–Crippen LogP) is 7.12. The number of carbonyl (C=O) groups excluding carboxylic acids is 1. The fraction of sp³-hybridized carbons (Fsp3) is 0.552. The zero-order valence-corrected chi connectivity index (χ0v) is 24.5. The van der Waals surface area contributed by atoms with E-state index in [2.05, 4.69) is 41.5 Å². The summed E-state index contributed by atoms with van der Waals surface area (Å²) in [6.45, 7) is 14.7. The molecule has 0 spiro atoms. The van der Waals surface area contributed by atoms with Crippen molar-refractivity contribution >= 4 is 49.9 Å². The molecule has 8 heteroatoms. The summed E-state index contributed by atoms with van der Waals surface area (Å²) in [5, 5.41) is 1.09. The Hall–Kier alpha value is -1.37. The zero-order chi connectivity index (χ0) is 26.7. The molecule has 0 aliphatic carbocycles. The topological polar surface area (TPSA) is 54.0 Å². The van der Waals surface area contributed by atoms with E-state index in [1.165, 1.54) is 7.11 Å². The van der Waals surface area contributed by atoms with E-state index >= 15 is 0 Å². The second-order valence-electron chi connectivity index (χ2n) is 10.2. The third-order valence-electron chi connectivity index (χ3n) is 5.57. The Balaban J connectivity index is 0.00000684. The van der Waals surface area contributed by atoms with Crippen LogP contribution in [-0.2, 0) is 0 Å². The van der Waals surface area contributed by atoms with Crippen LogP contribution in [0.4, 0.5) is 0 Å². The van der Waals surface area contributed by atoms with Gasteiger partial charge in [0.15, 0.2) is 5.52 Å². The van der Waals surface area contributed by atoms with Crippen LogP contribution >= 0.6 is 20.2 Å². The summed E-state index contributed by atoms with van der Waals surface area (Å²) < 4.78 is 24.0. The van der Waals surface area contributed by atoms with Crippen molar-refractivity contribution in [3.63, 3.8) is 0 Å². The van der Waals surface area contributed by atoms with Crippen LogP contribution in [0.3, 0.4) is 0 Å². The molecule has 0 N–H and O–H groups in total. The Morgan fingerprint density at radius 1 is 0.811 bits per heavy atom. The van der Waals surface area contributed by atoms with Crippen LogP contribution in [0.15, 0.2) is 30.3 Å². The Bertz CT molecular complexity index is 946. The number of halogens is 1. The maximum atomic E-state index is 13.5. The van der Waals surface area contributed by atoms with Gasteiger partial charge in [-0.2, -0.15) is 0 Å². The molecule has 0 aromatic heterocycles. The van der Waals surface area contributed by atoms with E-state index in [-0.39, 0.29) is 33.0 Å².